The van der Waals surface area contributed by atoms with Gasteiger partial charge >= 0.3 is 5.97 Å². The molecule has 2 aromatic carbocycles. The topological polar surface area (TPSA) is 125 Å². The minimum atomic E-state index is -1.42. The molecule has 1 unspecified atom stereocenters. The quantitative estimate of drug-likeness (QED) is 0.326. The van der Waals surface area contributed by atoms with Gasteiger partial charge in [0.15, 0.2) is 5.69 Å². The molecule has 0 aliphatic heterocycles. The van der Waals surface area contributed by atoms with Crippen LogP contribution in [0.5, 0.6) is 5.88 Å². The number of carbonyl (C=O) groups excluding carboxylic acids is 1. The van der Waals surface area contributed by atoms with Crippen LogP contribution in [0.15, 0.2) is 54.6 Å². The molecule has 4 N–H and O–H groups in total. The van der Waals surface area contributed by atoms with Crippen LogP contribution in [-0.2, 0) is 11.2 Å². The Kier molecular flexibility index (Phi) is 8.31. The first-order chi connectivity index (χ1) is 16.2. The second kappa shape index (κ2) is 11.2. The van der Waals surface area contributed by atoms with Gasteiger partial charge in [0.25, 0.3) is 5.91 Å². The molecular formula is C25H28ClN3O5. The highest BCUT2D eigenvalue weighted by Gasteiger charge is 2.36. The number of H-pyrrole nitrogens is 1. The van der Waals surface area contributed by atoms with Gasteiger partial charge in [0.1, 0.15) is 0 Å². The third-order valence-electron chi connectivity index (χ3n) is 5.58. The summed E-state index contributed by atoms with van der Waals surface area (Å²) in [5.41, 5.74) is 1.58. The number of halogens is 1. The first-order valence-corrected chi connectivity index (χ1v) is 11.3. The highest BCUT2D eigenvalue weighted by molar-refractivity contribution is 6.30. The number of rotatable bonds is 11. The summed E-state index contributed by atoms with van der Waals surface area (Å²) in [7, 11) is 0. The summed E-state index contributed by atoms with van der Waals surface area (Å²) in [5.74, 6) is -1.23. The van der Waals surface area contributed by atoms with E-state index in [-0.39, 0.29) is 12.1 Å². The van der Waals surface area contributed by atoms with Gasteiger partial charge in [0.2, 0.25) is 5.88 Å². The van der Waals surface area contributed by atoms with E-state index >= 15 is 0 Å². The van der Waals surface area contributed by atoms with Gasteiger partial charge in [-0.15, -0.1) is 0 Å². The standard InChI is InChI=1S/C25H28ClN3O5/c1-3-34-22-13-21(28-29-22)23(31)27-20(14-25(2,15-30)24(32)33)11-16-7-9-17(10-8-16)18-5-4-6-19(26)12-18/h4-10,12-13,20,30H,3,11,14-15H2,1-2H3,(H,27,31)(H,28,29)(H,32,33)/t20-,25?/m1/s1. The van der Waals surface area contributed by atoms with Crippen molar-refractivity contribution in [3.8, 4) is 17.0 Å². The lowest BCUT2D eigenvalue weighted by molar-refractivity contribution is -0.151. The molecule has 0 radical (unpaired) electrons. The Morgan fingerprint density at radius 3 is 2.53 bits per heavy atom. The van der Waals surface area contributed by atoms with Crippen LogP contribution in [-0.4, -0.2) is 51.5 Å². The Labute approximate surface area is 202 Å². The number of aliphatic hydroxyl groups is 1. The molecule has 3 aromatic rings. The number of nitrogens with zero attached hydrogens (tertiary/aromatic N) is 1. The number of aliphatic carboxylic acids is 1. The van der Waals surface area contributed by atoms with Gasteiger partial charge in [-0.25, -0.2) is 5.10 Å². The van der Waals surface area contributed by atoms with Crippen LogP contribution in [0.1, 0.15) is 36.3 Å². The minimum Gasteiger partial charge on any atom is -0.481 e. The molecule has 0 bridgehead atoms. The Morgan fingerprint density at radius 1 is 1.18 bits per heavy atom. The van der Waals surface area contributed by atoms with Gasteiger partial charge in [0, 0.05) is 17.1 Å². The van der Waals surface area contributed by atoms with Crippen LogP contribution in [0.2, 0.25) is 5.02 Å². The van der Waals surface area contributed by atoms with Crippen LogP contribution >= 0.6 is 11.6 Å². The highest BCUT2D eigenvalue weighted by atomic mass is 35.5. The number of carboxylic acid groups (broad SMARTS) is 1. The Bertz CT molecular complexity index is 1130. The van der Waals surface area contributed by atoms with E-state index in [2.05, 4.69) is 15.5 Å². The van der Waals surface area contributed by atoms with E-state index in [0.29, 0.717) is 23.9 Å². The first-order valence-electron chi connectivity index (χ1n) is 10.9. The third-order valence-corrected chi connectivity index (χ3v) is 5.81. The zero-order valence-electron chi connectivity index (χ0n) is 19.0. The Balaban J connectivity index is 1.80. The number of amides is 1. The lowest BCUT2D eigenvalue weighted by Gasteiger charge is -2.28. The fourth-order valence-corrected chi connectivity index (χ4v) is 3.82. The Morgan fingerprint density at radius 2 is 1.91 bits per heavy atom. The summed E-state index contributed by atoms with van der Waals surface area (Å²) in [4.78, 5) is 24.6. The van der Waals surface area contributed by atoms with Crippen molar-refractivity contribution in [2.24, 2.45) is 5.41 Å². The van der Waals surface area contributed by atoms with Crippen molar-refractivity contribution in [1.82, 2.24) is 15.5 Å². The summed E-state index contributed by atoms with van der Waals surface area (Å²) >= 11 is 6.09. The van der Waals surface area contributed by atoms with E-state index in [1.807, 2.05) is 55.5 Å². The van der Waals surface area contributed by atoms with Crippen molar-refractivity contribution in [2.45, 2.75) is 32.7 Å². The molecule has 34 heavy (non-hydrogen) atoms. The molecule has 0 spiro atoms. The fourth-order valence-electron chi connectivity index (χ4n) is 3.63. The number of aliphatic hydroxyl groups excluding tert-OH is 1. The molecule has 2 atom stereocenters. The molecule has 3 rings (SSSR count). The van der Waals surface area contributed by atoms with Gasteiger partial charge in [0.05, 0.1) is 18.6 Å². The van der Waals surface area contributed by atoms with E-state index < -0.39 is 29.9 Å². The maximum atomic E-state index is 12.8. The van der Waals surface area contributed by atoms with Crippen LogP contribution in [0.3, 0.4) is 0 Å². The zero-order chi connectivity index (χ0) is 24.7. The smallest absolute Gasteiger partial charge is 0.311 e. The molecule has 180 valence electrons. The van der Waals surface area contributed by atoms with E-state index in [9.17, 15) is 19.8 Å². The number of aromatic amines is 1. The highest BCUT2D eigenvalue weighted by Crippen LogP contribution is 2.27. The molecule has 0 aliphatic carbocycles. The molecule has 0 saturated carbocycles. The zero-order valence-corrected chi connectivity index (χ0v) is 19.8. The molecule has 0 saturated heterocycles. The van der Waals surface area contributed by atoms with Gasteiger partial charge < -0.3 is 20.3 Å². The van der Waals surface area contributed by atoms with Crippen molar-refractivity contribution in [1.29, 1.82) is 0 Å². The van der Waals surface area contributed by atoms with E-state index in [0.717, 1.165) is 16.7 Å². The predicted octanol–water partition coefficient (Wildman–Crippen LogP) is 3.94. The van der Waals surface area contributed by atoms with Crippen molar-refractivity contribution < 1.29 is 24.5 Å². The molecular weight excluding hydrogens is 458 g/mol. The summed E-state index contributed by atoms with van der Waals surface area (Å²) in [6.45, 7) is 3.14. The van der Waals surface area contributed by atoms with Crippen LogP contribution < -0.4 is 10.1 Å². The van der Waals surface area contributed by atoms with Gasteiger partial charge in [-0.1, -0.05) is 48.0 Å². The van der Waals surface area contributed by atoms with E-state index in [1.54, 1.807) is 0 Å². The van der Waals surface area contributed by atoms with Crippen molar-refractivity contribution in [3.05, 3.63) is 70.9 Å². The molecule has 1 heterocycles. The number of hydrogen-bond acceptors (Lipinski definition) is 5. The van der Waals surface area contributed by atoms with Gasteiger partial charge in [-0.2, -0.15) is 5.10 Å². The maximum Gasteiger partial charge on any atom is 0.311 e. The largest absolute Gasteiger partial charge is 0.481 e. The number of nitrogens with one attached hydrogen (secondary N) is 2. The van der Waals surface area contributed by atoms with Gasteiger partial charge in [-0.3, -0.25) is 9.59 Å². The number of ether oxygens (including phenoxy) is 1. The molecule has 0 aliphatic rings. The third kappa shape index (κ3) is 6.36. The fraction of sp³-hybridized carbons (Fsp3) is 0.320. The monoisotopic (exact) mass is 485 g/mol. The second-order valence-electron chi connectivity index (χ2n) is 8.36. The number of hydrogen-bond donors (Lipinski definition) is 4. The average molecular weight is 486 g/mol. The first kappa shape index (κ1) is 25.3. The molecule has 0 fully saturated rings. The van der Waals surface area contributed by atoms with E-state index in [4.69, 9.17) is 16.3 Å². The number of carbonyl (C=O) groups is 2. The normalized spacial score (nSPS) is 13.6. The summed E-state index contributed by atoms with van der Waals surface area (Å²) in [5, 5.41) is 29.5. The second-order valence-corrected chi connectivity index (χ2v) is 8.80. The van der Waals surface area contributed by atoms with E-state index in [1.165, 1.54) is 13.0 Å². The average Bonchev–Trinajstić information content (AvgIpc) is 3.28. The predicted molar refractivity (Wildman–Crippen MR) is 129 cm³/mol. The summed E-state index contributed by atoms with van der Waals surface area (Å²) in [6.07, 6.45) is 0.399. The number of aromatic nitrogens is 2. The van der Waals surface area contributed by atoms with Crippen LogP contribution in [0.4, 0.5) is 0 Å². The molecule has 9 heteroatoms. The molecule has 1 amide bonds. The summed E-state index contributed by atoms with van der Waals surface area (Å²) < 4.78 is 5.30. The summed E-state index contributed by atoms with van der Waals surface area (Å²) in [6, 6.07) is 16.2. The van der Waals surface area contributed by atoms with Crippen LogP contribution in [0, 0.1) is 5.41 Å². The van der Waals surface area contributed by atoms with Crippen molar-refractivity contribution in [2.75, 3.05) is 13.2 Å². The Hall–Kier alpha value is -3.36. The SMILES string of the molecule is CCOc1cc(C(=O)N[C@H](Cc2ccc(-c3cccc(Cl)c3)cc2)CC(C)(CO)C(=O)O)n[nH]1. The number of benzene rings is 2. The van der Waals surface area contributed by atoms with Crippen LogP contribution in [0.25, 0.3) is 11.1 Å². The van der Waals surface area contributed by atoms with Gasteiger partial charge in [-0.05, 0) is 55.5 Å². The molecule has 1 aromatic heterocycles. The minimum absolute atomic E-state index is 0.0311. The van der Waals surface area contributed by atoms with Crippen molar-refractivity contribution in [3.63, 3.8) is 0 Å². The lowest BCUT2D eigenvalue weighted by atomic mass is 9.82. The van der Waals surface area contributed by atoms with Crippen molar-refractivity contribution >= 4 is 23.5 Å². The molecule has 8 nitrogen and oxygen atoms in total. The maximum absolute atomic E-state index is 12.8. The number of carboxylic acids is 1. The lowest BCUT2D eigenvalue weighted by Crippen LogP contribution is -2.44.